The molecule has 1 spiro atoms. The first-order chi connectivity index (χ1) is 9.67. The summed E-state index contributed by atoms with van der Waals surface area (Å²) in [5.41, 5.74) is 1.34. The molecule has 1 aromatic heterocycles. The van der Waals surface area contributed by atoms with Gasteiger partial charge in [0.25, 0.3) is 0 Å². The summed E-state index contributed by atoms with van der Waals surface area (Å²) in [6.45, 7) is 4.68. The average molecular weight is 275 g/mol. The van der Waals surface area contributed by atoms with E-state index in [0.717, 1.165) is 32.6 Å². The standard InChI is InChI=1S/C15H21N3O2/c1-17-10-15(12-20-9-14(17)19)4-6-18(11-15)8-13-3-2-5-16-7-13/h2-3,5,7H,4,6,8-12H2,1H3. The SMILES string of the molecule is CN1CC2(CCN(Cc3cccnc3)C2)COCC1=O. The highest BCUT2D eigenvalue weighted by Gasteiger charge is 2.41. The van der Waals surface area contributed by atoms with Crippen molar-refractivity contribution in [2.45, 2.75) is 13.0 Å². The molecule has 2 aliphatic heterocycles. The van der Waals surface area contributed by atoms with E-state index in [1.54, 1.807) is 6.20 Å². The highest BCUT2D eigenvalue weighted by molar-refractivity contribution is 5.77. The average Bonchev–Trinajstić information content (AvgIpc) is 2.76. The number of rotatable bonds is 2. The van der Waals surface area contributed by atoms with Gasteiger partial charge in [-0.05, 0) is 24.6 Å². The maximum absolute atomic E-state index is 11.7. The lowest BCUT2D eigenvalue weighted by Gasteiger charge is -2.30. The molecule has 2 saturated heterocycles. The predicted molar refractivity (Wildman–Crippen MR) is 75.0 cm³/mol. The smallest absolute Gasteiger partial charge is 0.248 e. The number of amides is 1. The molecule has 20 heavy (non-hydrogen) atoms. The van der Waals surface area contributed by atoms with Crippen LogP contribution in [-0.4, -0.2) is 60.6 Å². The van der Waals surface area contributed by atoms with Gasteiger partial charge in [-0.25, -0.2) is 0 Å². The van der Waals surface area contributed by atoms with Gasteiger partial charge in [0.1, 0.15) is 6.61 Å². The van der Waals surface area contributed by atoms with E-state index in [9.17, 15) is 4.79 Å². The Bertz CT molecular complexity index is 479. The van der Waals surface area contributed by atoms with E-state index >= 15 is 0 Å². The number of nitrogens with zero attached hydrogens (tertiary/aromatic N) is 3. The second-order valence-electron chi connectivity index (χ2n) is 6.06. The number of likely N-dealkylation sites (tertiary alicyclic amines) is 1. The molecule has 0 aromatic carbocycles. The molecule has 3 heterocycles. The van der Waals surface area contributed by atoms with Crippen LogP contribution in [0.4, 0.5) is 0 Å². The zero-order valence-corrected chi connectivity index (χ0v) is 11.9. The van der Waals surface area contributed by atoms with E-state index in [0.29, 0.717) is 6.61 Å². The van der Waals surface area contributed by atoms with Gasteiger partial charge >= 0.3 is 0 Å². The summed E-state index contributed by atoms with van der Waals surface area (Å²) in [5, 5.41) is 0. The van der Waals surface area contributed by atoms with Crippen LogP contribution in [0.15, 0.2) is 24.5 Å². The monoisotopic (exact) mass is 275 g/mol. The van der Waals surface area contributed by atoms with Gasteiger partial charge in [0.05, 0.1) is 6.61 Å². The fourth-order valence-corrected chi connectivity index (χ4v) is 3.26. The predicted octanol–water partition coefficient (Wildman–Crippen LogP) is 0.762. The Kier molecular flexibility index (Phi) is 3.72. The Labute approximate surface area is 119 Å². The Morgan fingerprint density at radius 2 is 2.35 bits per heavy atom. The largest absolute Gasteiger partial charge is 0.371 e. The summed E-state index contributed by atoms with van der Waals surface area (Å²) < 4.78 is 5.58. The first-order valence-electron chi connectivity index (χ1n) is 7.10. The molecule has 2 fully saturated rings. The fraction of sp³-hybridized carbons (Fsp3) is 0.600. The molecule has 1 aromatic rings. The second kappa shape index (κ2) is 5.50. The van der Waals surface area contributed by atoms with Crippen molar-refractivity contribution in [3.05, 3.63) is 30.1 Å². The highest BCUT2D eigenvalue weighted by atomic mass is 16.5. The minimum Gasteiger partial charge on any atom is -0.371 e. The van der Waals surface area contributed by atoms with Crippen LogP contribution < -0.4 is 0 Å². The quantitative estimate of drug-likeness (QED) is 0.799. The van der Waals surface area contributed by atoms with Crippen molar-refractivity contribution in [2.75, 3.05) is 39.9 Å². The molecule has 5 nitrogen and oxygen atoms in total. The van der Waals surface area contributed by atoms with Crippen molar-refractivity contribution in [2.24, 2.45) is 5.41 Å². The molecule has 2 aliphatic rings. The maximum atomic E-state index is 11.7. The van der Waals surface area contributed by atoms with Crippen molar-refractivity contribution in [1.29, 1.82) is 0 Å². The number of carbonyl (C=O) groups excluding carboxylic acids is 1. The third-order valence-electron chi connectivity index (χ3n) is 4.28. The van der Waals surface area contributed by atoms with Crippen molar-refractivity contribution in [3.8, 4) is 0 Å². The van der Waals surface area contributed by atoms with Gasteiger partial charge in [-0.1, -0.05) is 6.07 Å². The number of pyridine rings is 1. The van der Waals surface area contributed by atoms with Crippen molar-refractivity contribution in [3.63, 3.8) is 0 Å². The van der Waals surface area contributed by atoms with E-state index < -0.39 is 0 Å². The van der Waals surface area contributed by atoms with Gasteiger partial charge in [0.2, 0.25) is 5.91 Å². The topological polar surface area (TPSA) is 45.7 Å². The molecule has 0 aliphatic carbocycles. The summed E-state index contributed by atoms with van der Waals surface area (Å²) in [5.74, 6) is 0.0904. The molecular formula is C15H21N3O2. The Morgan fingerprint density at radius 3 is 3.15 bits per heavy atom. The van der Waals surface area contributed by atoms with Crippen molar-refractivity contribution < 1.29 is 9.53 Å². The van der Waals surface area contributed by atoms with Gasteiger partial charge < -0.3 is 9.64 Å². The Morgan fingerprint density at radius 1 is 1.45 bits per heavy atom. The van der Waals surface area contributed by atoms with E-state index in [1.165, 1.54) is 5.56 Å². The molecular weight excluding hydrogens is 254 g/mol. The number of hydrogen-bond acceptors (Lipinski definition) is 4. The van der Waals surface area contributed by atoms with Crippen LogP contribution in [0.2, 0.25) is 0 Å². The maximum Gasteiger partial charge on any atom is 0.248 e. The van der Waals surface area contributed by atoms with E-state index in [-0.39, 0.29) is 17.9 Å². The lowest BCUT2D eigenvalue weighted by Crippen LogP contribution is -2.40. The number of carbonyl (C=O) groups is 1. The van der Waals surface area contributed by atoms with Crippen LogP contribution in [0.5, 0.6) is 0 Å². The Balaban J connectivity index is 1.65. The van der Waals surface area contributed by atoms with Crippen LogP contribution in [0.3, 0.4) is 0 Å². The molecule has 1 unspecified atom stereocenters. The summed E-state index contributed by atoms with van der Waals surface area (Å²) in [7, 11) is 1.88. The molecule has 108 valence electrons. The third-order valence-corrected chi connectivity index (χ3v) is 4.28. The number of aromatic nitrogens is 1. The van der Waals surface area contributed by atoms with Crippen molar-refractivity contribution >= 4 is 5.91 Å². The zero-order chi connectivity index (χ0) is 14.0. The van der Waals surface area contributed by atoms with Crippen LogP contribution in [0.1, 0.15) is 12.0 Å². The van der Waals surface area contributed by atoms with Crippen LogP contribution in [0, 0.1) is 5.41 Å². The third kappa shape index (κ3) is 2.83. The minimum absolute atomic E-state index is 0.0904. The first-order valence-corrected chi connectivity index (χ1v) is 7.10. The van der Waals surface area contributed by atoms with Gasteiger partial charge in [-0.3, -0.25) is 14.7 Å². The van der Waals surface area contributed by atoms with Crippen LogP contribution in [0.25, 0.3) is 0 Å². The molecule has 0 bridgehead atoms. The molecule has 1 atom stereocenters. The summed E-state index contributed by atoms with van der Waals surface area (Å²) in [6.07, 6.45) is 4.81. The summed E-state index contributed by atoms with van der Waals surface area (Å²) in [4.78, 5) is 20.1. The second-order valence-corrected chi connectivity index (χ2v) is 6.06. The van der Waals surface area contributed by atoms with E-state index in [1.807, 2.05) is 24.2 Å². The van der Waals surface area contributed by atoms with E-state index in [2.05, 4.69) is 16.0 Å². The zero-order valence-electron chi connectivity index (χ0n) is 11.9. The molecule has 1 amide bonds. The van der Waals surface area contributed by atoms with Gasteiger partial charge in [-0.2, -0.15) is 0 Å². The van der Waals surface area contributed by atoms with Gasteiger partial charge in [0, 0.05) is 44.5 Å². The molecule has 0 radical (unpaired) electrons. The van der Waals surface area contributed by atoms with Crippen molar-refractivity contribution in [1.82, 2.24) is 14.8 Å². The summed E-state index contributed by atoms with van der Waals surface area (Å²) >= 11 is 0. The molecule has 3 rings (SSSR count). The molecule has 0 N–H and O–H groups in total. The summed E-state index contributed by atoms with van der Waals surface area (Å²) in [6, 6.07) is 4.08. The highest BCUT2D eigenvalue weighted by Crippen LogP contribution is 2.33. The first kappa shape index (κ1) is 13.5. The van der Waals surface area contributed by atoms with Gasteiger partial charge in [0.15, 0.2) is 0 Å². The lowest BCUT2D eigenvalue weighted by molar-refractivity contribution is -0.132. The minimum atomic E-state index is 0.0904. The number of likely N-dealkylation sites (N-methyl/N-ethyl adjacent to an activating group) is 1. The van der Waals surface area contributed by atoms with Crippen LogP contribution >= 0.6 is 0 Å². The van der Waals surface area contributed by atoms with Crippen LogP contribution in [-0.2, 0) is 16.1 Å². The van der Waals surface area contributed by atoms with Gasteiger partial charge in [-0.15, -0.1) is 0 Å². The lowest BCUT2D eigenvalue weighted by atomic mass is 9.88. The van der Waals surface area contributed by atoms with E-state index in [4.69, 9.17) is 4.74 Å². The molecule has 0 saturated carbocycles. The molecule has 5 heteroatoms. The number of ether oxygens (including phenoxy) is 1. The Hall–Kier alpha value is -1.46. The number of hydrogen-bond donors (Lipinski definition) is 0. The normalized spacial score (nSPS) is 28.1. The fourth-order valence-electron chi connectivity index (χ4n) is 3.26.